The van der Waals surface area contributed by atoms with E-state index in [-0.39, 0.29) is 11.9 Å². The predicted octanol–water partition coefficient (Wildman–Crippen LogP) is 3.31. The smallest absolute Gasteiger partial charge is 0.227 e. The van der Waals surface area contributed by atoms with E-state index in [1.54, 1.807) is 11.8 Å². The second kappa shape index (κ2) is 7.83. The van der Waals surface area contributed by atoms with E-state index in [9.17, 15) is 4.79 Å². The normalized spacial score (nSPS) is 19.8. The van der Waals surface area contributed by atoms with Gasteiger partial charge in [0.2, 0.25) is 11.8 Å². The zero-order chi connectivity index (χ0) is 16.9. The van der Waals surface area contributed by atoms with Gasteiger partial charge in [0, 0.05) is 12.8 Å². The monoisotopic (exact) mass is 345 g/mol. The lowest BCUT2D eigenvalue weighted by Gasteiger charge is -2.32. The lowest BCUT2D eigenvalue weighted by molar-refractivity contribution is -0.122. The molecule has 0 radical (unpaired) electrons. The number of hydrogen-bond acceptors (Lipinski definition) is 5. The van der Waals surface area contributed by atoms with Crippen LogP contribution in [0.3, 0.4) is 0 Å². The maximum atomic E-state index is 12.4. The Morgan fingerprint density at radius 1 is 1.42 bits per heavy atom. The summed E-state index contributed by atoms with van der Waals surface area (Å²) in [5, 5.41) is 7.10. The van der Waals surface area contributed by atoms with E-state index in [1.807, 2.05) is 12.3 Å². The molecule has 1 N–H and O–H groups in total. The fourth-order valence-electron chi connectivity index (χ4n) is 3.19. The summed E-state index contributed by atoms with van der Waals surface area (Å²) in [5.74, 6) is 2.43. The Morgan fingerprint density at radius 2 is 2.25 bits per heavy atom. The first-order valence-electron chi connectivity index (χ1n) is 8.35. The van der Waals surface area contributed by atoms with Crippen LogP contribution in [-0.4, -0.2) is 22.3 Å². The van der Waals surface area contributed by atoms with Gasteiger partial charge < -0.3 is 9.84 Å². The molecule has 0 fully saturated rings. The Balaban J connectivity index is 1.58. The molecule has 0 saturated carbocycles. The standard InChI is InChI=1S/C18H23N3O2S/c1-12-7-8-13-5-3-4-6-14(13)18(12)20-16(22)9-10-17-19-15(11-24-2)21-23-17/h3-6,12,18H,7-11H2,1-2H3,(H,20,22)/t12-,18+/m1/s1. The molecule has 1 aromatic carbocycles. The molecule has 0 spiro atoms. The van der Waals surface area contributed by atoms with E-state index in [0.717, 1.165) is 18.6 Å². The van der Waals surface area contributed by atoms with Crippen LogP contribution in [0.25, 0.3) is 0 Å². The number of benzene rings is 1. The number of rotatable bonds is 6. The number of carbonyl (C=O) groups is 1. The molecule has 1 aliphatic rings. The Kier molecular flexibility index (Phi) is 5.56. The summed E-state index contributed by atoms with van der Waals surface area (Å²) < 4.78 is 5.18. The van der Waals surface area contributed by atoms with Crippen LogP contribution in [0.5, 0.6) is 0 Å². The van der Waals surface area contributed by atoms with Gasteiger partial charge in [-0.15, -0.1) is 0 Å². The molecule has 1 aromatic heterocycles. The molecule has 2 atom stereocenters. The van der Waals surface area contributed by atoms with Crippen molar-refractivity contribution in [3.8, 4) is 0 Å². The molecular weight excluding hydrogens is 322 g/mol. The average Bonchev–Trinajstić information content (AvgIpc) is 3.04. The summed E-state index contributed by atoms with van der Waals surface area (Å²) in [6, 6.07) is 8.49. The number of nitrogens with zero attached hydrogens (tertiary/aromatic N) is 2. The van der Waals surface area contributed by atoms with Crippen LogP contribution in [0.2, 0.25) is 0 Å². The highest BCUT2D eigenvalue weighted by molar-refractivity contribution is 7.97. The first kappa shape index (κ1) is 17.0. The van der Waals surface area contributed by atoms with Crippen LogP contribution >= 0.6 is 11.8 Å². The minimum atomic E-state index is 0.0353. The van der Waals surface area contributed by atoms with E-state index in [0.29, 0.717) is 30.5 Å². The summed E-state index contributed by atoms with van der Waals surface area (Å²) >= 11 is 1.65. The summed E-state index contributed by atoms with van der Waals surface area (Å²) in [7, 11) is 0. The van der Waals surface area contributed by atoms with Gasteiger partial charge in [-0.1, -0.05) is 36.3 Å². The number of carbonyl (C=O) groups excluding carboxylic acids is 1. The van der Waals surface area contributed by atoms with Gasteiger partial charge in [-0.25, -0.2) is 0 Å². The molecular formula is C18H23N3O2S. The van der Waals surface area contributed by atoms with Crippen LogP contribution in [0.4, 0.5) is 0 Å². The number of thioether (sulfide) groups is 1. The van der Waals surface area contributed by atoms with Gasteiger partial charge in [0.1, 0.15) is 0 Å². The molecule has 24 heavy (non-hydrogen) atoms. The molecule has 6 heteroatoms. The molecule has 0 aliphatic heterocycles. The van der Waals surface area contributed by atoms with E-state index in [4.69, 9.17) is 4.52 Å². The Morgan fingerprint density at radius 3 is 3.08 bits per heavy atom. The number of amides is 1. The van der Waals surface area contributed by atoms with Gasteiger partial charge in [-0.3, -0.25) is 4.79 Å². The Labute approximate surface area is 146 Å². The van der Waals surface area contributed by atoms with Gasteiger partial charge in [-0.2, -0.15) is 16.7 Å². The number of hydrogen-bond donors (Lipinski definition) is 1. The van der Waals surface area contributed by atoms with Crippen molar-refractivity contribution in [1.82, 2.24) is 15.5 Å². The third-order valence-corrected chi connectivity index (χ3v) is 5.04. The minimum absolute atomic E-state index is 0.0353. The van der Waals surface area contributed by atoms with Crippen molar-refractivity contribution in [2.75, 3.05) is 6.26 Å². The fourth-order valence-corrected chi connectivity index (χ4v) is 3.56. The zero-order valence-corrected chi connectivity index (χ0v) is 14.9. The van der Waals surface area contributed by atoms with Crippen LogP contribution < -0.4 is 5.32 Å². The first-order chi connectivity index (χ1) is 11.7. The van der Waals surface area contributed by atoms with Crippen molar-refractivity contribution >= 4 is 17.7 Å². The minimum Gasteiger partial charge on any atom is -0.349 e. The van der Waals surface area contributed by atoms with Gasteiger partial charge in [-0.05, 0) is 36.1 Å². The van der Waals surface area contributed by atoms with Gasteiger partial charge in [0.05, 0.1) is 11.8 Å². The molecule has 128 valence electrons. The van der Waals surface area contributed by atoms with E-state index >= 15 is 0 Å². The van der Waals surface area contributed by atoms with Crippen molar-refractivity contribution in [1.29, 1.82) is 0 Å². The van der Waals surface area contributed by atoms with Crippen LogP contribution in [0, 0.1) is 5.92 Å². The summed E-state index contributed by atoms with van der Waals surface area (Å²) in [4.78, 5) is 16.7. The second-order valence-corrected chi connectivity index (χ2v) is 7.16. The maximum Gasteiger partial charge on any atom is 0.227 e. The summed E-state index contributed by atoms with van der Waals surface area (Å²) in [6.45, 7) is 2.20. The van der Waals surface area contributed by atoms with Crippen LogP contribution in [-0.2, 0) is 23.4 Å². The van der Waals surface area contributed by atoms with E-state index < -0.39 is 0 Å². The van der Waals surface area contributed by atoms with Crippen molar-refractivity contribution in [2.45, 2.75) is 44.4 Å². The van der Waals surface area contributed by atoms with Crippen molar-refractivity contribution < 1.29 is 9.32 Å². The molecule has 1 heterocycles. The average molecular weight is 345 g/mol. The molecule has 0 unspecified atom stereocenters. The van der Waals surface area contributed by atoms with Crippen LogP contribution in [0.15, 0.2) is 28.8 Å². The quantitative estimate of drug-likeness (QED) is 0.870. The summed E-state index contributed by atoms with van der Waals surface area (Å²) in [6.07, 6.45) is 5.03. The van der Waals surface area contributed by atoms with Crippen molar-refractivity contribution in [2.24, 2.45) is 5.92 Å². The number of nitrogens with one attached hydrogen (secondary N) is 1. The molecule has 1 aliphatic carbocycles. The molecule has 3 rings (SSSR count). The fraction of sp³-hybridized carbons (Fsp3) is 0.500. The largest absolute Gasteiger partial charge is 0.349 e. The molecule has 5 nitrogen and oxygen atoms in total. The molecule has 0 saturated heterocycles. The SMILES string of the molecule is CSCc1noc(CCC(=O)N[C@@H]2c3ccccc3CC[C@H]2C)n1. The van der Waals surface area contributed by atoms with Crippen molar-refractivity contribution in [3.63, 3.8) is 0 Å². The zero-order valence-electron chi connectivity index (χ0n) is 14.1. The number of aryl methyl sites for hydroxylation is 2. The molecule has 1 amide bonds. The third kappa shape index (κ3) is 3.98. The van der Waals surface area contributed by atoms with Gasteiger partial charge in [0.15, 0.2) is 5.82 Å². The first-order valence-corrected chi connectivity index (χ1v) is 9.74. The third-order valence-electron chi connectivity index (χ3n) is 4.49. The number of fused-ring (bicyclic) bond motifs is 1. The van der Waals surface area contributed by atoms with E-state index in [2.05, 4.69) is 40.6 Å². The van der Waals surface area contributed by atoms with Crippen molar-refractivity contribution in [3.05, 3.63) is 47.1 Å². The van der Waals surface area contributed by atoms with E-state index in [1.165, 1.54) is 11.1 Å². The lowest BCUT2D eigenvalue weighted by atomic mass is 9.80. The summed E-state index contributed by atoms with van der Waals surface area (Å²) in [5.41, 5.74) is 2.60. The highest BCUT2D eigenvalue weighted by atomic mass is 32.2. The Bertz CT molecular complexity index is 701. The predicted molar refractivity (Wildman–Crippen MR) is 94.6 cm³/mol. The number of aromatic nitrogens is 2. The highest BCUT2D eigenvalue weighted by Crippen LogP contribution is 2.34. The maximum absolute atomic E-state index is 12.4. The van der Waals surface area contributed by atoms with Crippen LogP contribution in [0.1, 0.15) is 48.6 Å². The lowest BCUT2D eigenvalue weighted by Crippen LogP contribution is -2.35. The molecule has 0 bridgehead atoms. The van der Waals surface area contributed by atoms with Gasteiger partial charge >= 0.3 is 0 Å². The Hall–Kier alpha value is -1.82. The van der Waals surface area contributed by atoms with Gasteiger partial charge in [0.25, 0.3) is 0 Å². The second-order valence-electron chi connectivity index (χ2n) is 6.30. The highest BCUT2D eigenvalue weighted by Gasteiger charge is 2.27. The molecule has 2 aromatic rings. The topological polar surface area (TPSA) is 68.0 Å².